The van der Waals surface area contributed by atoms with Crippen LogP contribution in [0, 0.1) is 47.6 Å². The molecule has 0 unspecified atom stereocenters. The van der Waals surface area contributed by atoms with Crippen LogP contribution < -0.4 is 5.73 Å². The van der Waals surface area contributed by atoms with E-state index in [1.807, 2.05) is 26.8 Å². The topological polar surface area (TPSA) is 119 Å². The summed E-state index contributed by atoms with van der Waals surface area (Å²) in [6, 6.07) is 3.70. The zero-order valence-corrected chi connectivity index (χ0v) is 16.7. The second-order valence-electron chi connectivity index (χ2n) is 8.36. The summed E-state index contributed by atoms with van der Waals surface area (Å²) in [5.74, 6) is -0.421. The third-order valence-corrected chi connectivity index (χ3v) is 5.53. The lowest BCUT2D eigenvalue weighted by Crippen LogP contribution is -2.34. The van der Waals surface area contributed by atoms with E-state index in [0.717, 1.165) is 5.56 Å². The summed E-state index contributed by atoms with van der Waals surface area (Å²) in [5, 5.41) is 21.1. The molecule has 2 aliphatic rings. The van der Waals surface area contributed by atoms with Gasteiger partial charge in [-0.3, -0.25) is 14.9 Å². The molecule has 28 heavy (non-hydrogen) atoms. The summed E-state index contributed by atoms with van der Waals surface area (Å²) >= 11 is 0. The number of nitriles is 1. The summed E-state index contributed by atoms with van der Waals surface area (Å²) in [7, 11) is 0. The van der Waals surface area contributed by atoms with Crippen molar-refractivity contribution in [2.24, 2.45) is 11.1 Å². The molecule has 1 aliphatic heterocycles. The van der Waals surface area contributed by atoms with Crippen LogP contribution in [-0.2, 0) is 9.53 Å². The number of hydrogen-bond donors (Lipinski definition) is 1. The van der Waals surface area contributed by atoms with Gasteiger partial charge < -0.3 is 10.5 Å². The van der Waals surface area contributed by atoms with Crippen molar-refractivity contribution in [1.29, 1.82) is 5.26 Å². The van der Waals surface area contributed by atoms with Gasteiger partial charge in [-0.25, -0.2) is 0 Å². The van der Waals surface area contributed by atoms with Crippen molar-refractivity contribution in [3.05, 3.63) is 61.2 Å². The van der Waals surface area contributed by atoms with Gasteiger partial charge in [-0.1, -0.05) is 13.8 Å². The van der Waals surface area contributed by atoms with Gasteiger partial charge in [0.05, 0.1) is 16.5 Å². The summed E-state index contributed by atoms with van der Waals surface area (Å²) in [6.45, 7) is 9.12. The van der Waals surface area contributed by atoms with Crippen LogP contribution in [0.5, 0.6) is 0 Å². The molecule has 1 heterocycles. The molecule has 1 atom stereocenters. The Kier molecular flexibility index (Phi) is 4.54. The van der Waals surface area contributed by atoms with Crippen molar-refractivity contribution < 1.29 is 14.5 Å². The van der Waals surface area contributed by atoms with Gasteiger partial charge >= 0.3 is 0 Å². The fourth-order valence-corrected chi connectivity index (χ4v) is 4.46. The first-order chi connectivity index (χ1) is 13.0. The highest BCUT2D eigenvalue weighted by molar-refractivity contribution is 6.00. The molecular formula is C21H23N3O4. The van der Waals surface area contributed by atoms with E-state index in [-0.39, 0.29) is 28.3 Å². The van der Waals surface area contributed by atoms with Crippen molar-refractivity contribution in [2.45, 2.75) is 53.4 Å². The van der Waals surface area contributed by atoms with Crippen molar-refractivity contribution in [3.8, 4) is 6.07 Å². The van der Waals surface area contributed by atoms with Gasteiger partial charge in [-0.15, -0.1) is 0 Å². The van der Waals surface area contributed by atoms with Crippen LogP contribution >= 0.6 is 0 Å². The number of hydrogen-bond acceptors (Lipinski definition) is 6. The molecule has 1 aromatic carbocycles. The number of ketones is 1. The van der Waals surface area contributed by atoms with Crippen LogP contribution in [0.25, 0.3) is 0 Å². The predicted molar refractivity (Wildman–Crippen MR) is 103 cm³/mol. The summed E-state index contributed by atoms with van der Waals surface area (Å²) < 4.78 is 5.71. The monoisotopic (exact) mass is 381 g/mol. The molecule has 7 nitrogen and oxygen atoms in total. The van der Waals surface area contributed by atoms with Gasteiger partial charge in [0.15, 0.2) is 5.78 Å². The Morgan fingerprint density at radius 3 is 2.50 bits per heavy atom. The van der Waals surface area contributed by atoms with Crippen LogP contribution in [0.3, 0.4) is 0 Å². The van der Waals surface area contributed by atoms with Gasteiger partial charge in [0.2, 0.25) is 5.76 Å². The zero-order valence-electron chi connectivity index (χ0n) is 16.7. The van der Waals surface area contributed by atoms with Crippen molar-refractivity contribution in [3.63, 3.8) is 0 Å². The average Bonchev–Trinajstić information content (AvgIpc) is 2.54. The minimum atomic E-state index is -0.721. The van der Waals surface area contributed by atoms with E-state index in [1.54, 1.807) is 19.9 Å². The first kappa shape index (κ1) is 19.6. The van der Waals surface area contributed by atoms with Gasteiger partial charge in [-0.05, 0) is 43.4 Å². The Morgan fingerprint density at radius 1 is 1.29 bits per heavy atom. The highest BCUT2D eigenvalue weighted by Gasteiger charge is 2.44. The SMILES string of the molecule is Cc1cc(C)c([N+](=O)[O-])c(C)c1[C@H]1C(N)=C(C#N)OC2=C1C(=O)CC(C)(C)C2. The van der Waals surface area contributed by atoms with Crippen LogP contribution in [0.15, 0.2) is 28.9 Å². The van der Waals surface area contributed by atoms with Gasteiger partial charge in [0.25, 0.3) is 5.69 Å². The third-order valence-electron chi connectivity index (χ3n) is 5.53. The number of aryl methyl sites for hydroxylation is 2. The van der Waals surface area contributed by atoms with Crippen LogP contribution in [0.2, 0.25) is 0 Å². The van der Waals surface area contributed by atoms with Crippen LogP contribution in [-0.4, -0.2) is 10.7 Å². The first-order valence-corrected chi connectivity index (χ1v) is 9.07. The molecule has 0 saturated carbocycles. The summed E-state index contributed by atoms with van der Waals surface area (Å²) in [6.07, 6.45) is 0.821. The largest absolute Gasteiger partial charge is 0.448 e. The minimum Gasteiger partial charge on any atom is -0.448 e. The van der Waals surface area contributed by atoms with Crippen LogP contribution in [0.4, 0.5) is 5.69 Å². The Bertz CT molecular complexity index is 1030. The van der Waals surface area contributed by atoms with Gasteiger partial charge in [0, 0.05) is 29.5 Å². The normalized spacial score (nSPS) is 21.1. The molecule has 0 bridgehead atoms. The third kappa shape index (κ3) is 2.95. The molecule has 0 fully saturated rings. The molecule has 3 rings (SSSR count). The van der Waals surface area contributed by atoms with Gasteiger partial charge in [-0.2, -0.15) is 5.26 Å². The molecular weight excluding hydrogens is 358 g/mol. The number of rotatable bonds is 2. The van der Waals surface area contributed by atoms with Crippen molar-refractivity contribution in [2.75, 3.05) is 0 Å². The van der Waals surface area contributed by atoms with Crippen LogP contribution in [0.1, 0.15) is 54.9 Å². The predicted octanol–water partition coefficient (Wildman–Crippen LogP) is 3.97. The number of allylic oxidation sites excluding steroid dienone is 3. The lowest BCUT2D eigenvalue weighted by atomic mass is 9.70. The first-order valence-electron chi connectivity index (χ1n) is 9.07. The number of benzene rings is 1. The Morgan fingerprint density at radius 2 is 1.93 bits per heavy atom. The summed E-state index contributed by atoms with van der Waals surface area (Å²) in [4.78, 5) is 24.3. The lowest BCUT2D eigenvalue weighted by Gasteiger charge is -2.38. The Labute approximate surface area is 163 Å². The van der Waals surface area contributed by atoms with E-state index in [1.165, 1.54) is 0 Å². The summed E-state index contributed by atoms with van der Waals surface area (Å²) in [5.41, 5.74) is 8.93. The highest BCUT2D eigenvalue weighted by Crippen LogP contribution is 2.49. The van der Waals surface area contributed by atoms with Crippen molar-refractivity contribution >= 4 is 11.5 Å². The molecule has 2 N–H and O–H groups in total. The minimum absolute atomic E-state index is 0.00383. The van der Waals surface area contributed by atoms with E-state index in [4.69, 9.17) is 10.5 Å². The number of nitrogens with two attached hydrogens (primary N) is 1. The smallest absolute Gasteiger partial charge is 0.275 e. The quantitative estimate of drug-likeness (QED) is 0.611. The second-order valence-corrected chi connectivity index (χ2v) is 8.36. The number of nitrogens with zero attached hydrogens (tertiary/aromatic N) is 2. The lowest BCUT2D eigenvalue weighted by molar-refractivity contribution is -0.386. The number of Topliss-reactive ketones (excluding diaryl/α,β-unsaturated/α-hetero) is 1. The van der Waals surface area contributed by atoms with E-state index < -0.39 is 10.8 Å². The average molecular weight is 381 g/mol. The maximum Gasteiger partial charge on any atom is 0.275 e. The zero-order chi connectivity index (χ0) is 21.0. The van der Waals surface area contributed by atoms with E-state index in [2.05, 4.69) is 0 Å². The Hall–Kier alpha value is -3.14. The van der Waals surface area contributed by atoms with Crippen molar-refractivity contribution in [1.82, 2.24) is 0 Å². The van der Waals surface area contributed by atoms with E-state index >= 15 is 0 Å². The number of ether oxygens (including phenoxy) is 1. The molecule has 0 spiro atoms. The fraction of sp³-hybridized carbons (Fsp3) is 0.429. The molecule has 0 radical (unpaired) electrons. The fourth-order valence-electron chi connectivity index (χ4n) is 4.46. The highest BCUT2D eigenvalue weighted by atomic mass is 16.6. The molecule has 0 amide bonds. The molecule has 0 saturated heterocycles. The molecule has 7 heteroatoms. The Balaban J connectivity index is 2.34. The number of carbonyl (C=O) groups excluding carboxylic acids is 1. The maximum atomic E-state index is 13.0. The number of nitro benzene ring substituents is 1. The van der Waals surface area contributed by atoms with Gasteiger partial charge in [0.1, 0.15) is 11.8 Å². The van der Waals surface area contributed by atoms with E-state index in [9.17, 15) is 20.2 Å². The number of nitro groups is 1. The standard InChI is InChI=1S/C21H23N3O4/c1-10-6-11(2)20(24(26)27)12(3)16(10)18-17-13(25)7-21(4,5)8-14(17)28-15(9-22)19(18)23/h6,18H,7-8,23H2,1-5H3/t18-/m1/s1. The maximum absolute atomic E-state index is 13.0. The molecule has 1 aromatic rings. The number of carbonyl (C=O) groups is 1. The molecule has 146 valence electrons. The second kappa shape index (κ2) is 6.48. The van der Waals surface area contributed by atoms with E-state index in [0.29, 0.717) is 40.9 Å². The molecule has 0 aromatic heterocycles. The molecule has 1 aliphatic carbocycles.